The lowest BCUT2D eigenvalue weighted by Crippen LogP contribution is -2.42. The molecule has 0 spiro atoms. The Bertz CT molecular complexity index is 986. The molecule has 0 aliphatic heterocycles. The third-order valence-electron chi connectivity index (χ3n) is 6.59. The summed E-state index contributed by atoms with van der Waals surface area (Å²) in [7, 11) is 0. The summed E-state index contributed by atoms with van der Waals surface area (Å²) in [5.41, 5.74) is 7.90. The van der Waals surface area contributed by atoms with Crippen LogP contribution in [0.2, 0.25) is 0 Å². The Morgan fingerprint density at radius 1 is 0.867 bits per heavy atom. The first-order valence-electron chi connectivity index (χ1n) is 11.3. The zero-order valence-electron chi connectivity index (χ0n) is 18.6. The van der Waals surface area contributed by atoms with Crippen molar-refractivity contribution in [2.45, 2.75) is 58.4 Å². The van der Waals surface area contributed by atoms with E-state index in [0.29, 0.717) is 0 Å². The lowest BCUT2D eigenvalue weighted by atomic mass is 9.84. The fourth-order valence-corrected chi connectivity index (χ4v) is 4.57. The predicted octanol–water partition coefficient (Wildman–Crippen LogP) is 8.06. The van der Waals surface area contributed by atoms with Gasteiger partial charge >= 0.3 is 0 Å². The van der Waals surface area contributed by atoms with Crippen LogP contribution in [0.3, 0.4) is 0 Å². The molecular formula is C29H33N. The molecule has 0 aromatic heterocycles. The molecule has 0 N–H and O–H groups in total. The average Bonchev–Trinajstić information content (AvgIpc) is 2.81. The first kappa shape index (κ1) is 20.5. The number of hydrogen-bond acceptors (Lipinski definition) is 1. The van der Waals surface area contributed by atoms with Crippen LogP contribution in [-0.2, 0) is 5.54 Å². The van der Waals surface area contributed by atoms with E-state index >= 15 is 0 Å². The molecule has 0 saturated carbocycles. The molecular weight excluding hydrogens is 362 g/mol. The highest BCUT2D eigenvalue weighted by Gasteiger charge is 2.35. The predicted molar refractivity (Wildman–Crippen MR) is 129 cm³/mol. The smallest absolute Gasteiger partial charge is 0.0668 e. The maximum atomic E-state index is 2.60. The lowest BCUT2D eigenvalue weighted by Gasteiger charge is -2.46. The summed E-state index contributed by atoms with van der Waals surface area (Å²) in [6.07, 6.45) is 19.4. The van der Waals surface area contributed by atoms with Crippen LogP contribution in [0.1, 0.15) is 57.1 Å². The van der Waals surface area contributed by atoms with E-state index in [1.807, 2.05) is 0 Å². The van der Waals surface area contributed by atoms with Crippen LogP contribution in [0.15, 0.2) is 96.4 Å². The molecule has 1 atom stereocenters. The fourth-order valence-electron chi connectivity index (χ4n) is 4.57. The van der Waals surface area contributed by atoms with E-state index in [0.717, 1.165) is 32.1 Å². The Morgan fingerprint density at radius 2 is 1.57 bits per heavy atom. The molecule has 2 aliphatic carbocycles. The van der Waals surface area contributed by atoms with Gasteiger partial charge in [-0.15, -0.1) is 0 Å². The molecule has 30 heavy (non-hydrogen) atoms. The van der Waals surface area contributed by atoms with Crippen molar-refractivity contribution in [1.29, 1.82) is 0 Å². The zero-order chi connectivity index (χ0) is 21.0. The Morgan fingerprint density at radius 3 is 2.13 bits per heavy atom. The molecule has 154 valence electrons. The molecule has 0 fully saturated rings. The standard InChI is InChI=1S/C29H33N/c1-4-29(3,26-21-19-25(20-22-26)24-17-15-23(2)16-18-24)30(27-11-7-5-8-12-27)28-13-9-6-10-14-28/h5,7,9,11,13-22H,4,6,8,10,12H2,1-3H3. The molecule has 2 aromatic carbocycles. The van der Waals surface area contributed by atoms with Gasteiger partial charge in [-0.1, -0.05) is 85.3 Å². The number of allylic oxidation sites excluding steroid dienone is 7. The Hall–Kier alpha value is -2.80. The monoisotopic (exact) mass is 395 g/mol. The first-order chi connectivity index (χ1) is 14.6. The molecule has 2 aliphatic rings. The third-order valence-corrected chi connectivity index (χ3v) is 6.59. The lowest BCUT2D eigenvalue weighted by molar-refractivity contribution is 0.183. The van der Waals surface area contributed by atoms with Gasteiger partial charge in [0.1, 0.15) is 0 Å². The summed E-state index contributed by atoms with van der Waals surface area (Å²) < 4.78 is 0. The number of rotatable bonds is 6. The second kappa shape index (κ2) is 8.92. The number of nitrogens with zero attached hydrogens (tertiary/aromatic N) is 1. The van der Waals surface area contributed by atoms with Crippen LogP contribution in [0.5, 0.6) is 0 Å². The fraction of sp³-hybridized carbons (Fsp3) is 0.310. The van der Waals surface area contributed by atoms with Gasteiger partial charge in [-0.05, 0) is 74.8 Å². The first-order valence-corrected chi connectivity index (χ1v) is 11.3. The summed E-state index contributed by atoms with van der Waals surface area (Å²) >= 11 is 0. The Balaban J connectivity index is 1.73. The molecule has 1 unspecified atom stereocenters. The van der Waals surface area contributed by atoms with Crippen molar-refractivity contribution in [3.63, 3.8) is 0 Å². The SMILES string of the molecule is CCC(C)(c1ccc(-c2ccc(C)cc2)cc1)N(C1=CCCC=C1)C1=CC=CCC1. The van der Waals surface area contributed by atoms with Gasteiger partial charge in [0.05, 0.1) is 5.54 Å². The maximum absolute atomic E-state index is 2.60. The van der Waals surface area contributed by atoms with Crippen molar-refractivity contribution in [3.8, 4) is 11.1 Å². The highest BCUT2D eigenvalue weighted by Crippen LogP contribution is 2.41. The minimum Gasteiger partial charge on any atom is -0.335 e. The molecule has 0 heterocycles. The Kier molecular flexibility index (Phi) is 6.08. The minimum absolute atomic E-state index is 0.0870. The van der Waals surface area contributed by atoms with Crippen LogP contribution in [0.25, 0.3) is 11.1 Å². The van der Waals surface area contributed by atoms with Crippen molar-refractivity contribution in [2.75, 3.05) is 0 Å². The van der Waals surface area contributed by atoms with Gasteiger partial charge < -0.3 is 4.90 Å². The second-order valence-corrected chi connectivity index (χ2v) is 8.64. The van der Waals surface area contributed by atoms with E-state index < -0.39 is 0 Å². The summed E-state index contributed by atoms with van der Waals surface area (Å²) in [5.74, 6) is 0. The van der Waals surface area contributed by atoms with Crippen LogP contribution < -0.4 is 0 Å². The van der Waals surface area contributed by atoms with E-state index in [1.54, 1.807) is 0 Å². The molecule has 0 radical (unpaired) electrons. The molecule has 4 rings (SSSR count). The minimum atomic E-state index is -0.0870. The quantitative estimate of drug-likeness (QED) is 0.478. The normalized spacial score (nSPS) is 17.8. The average molecular weight is 396 g/mol. The highest BCUT2D eigenvalue weighted by molar-refractivity contribution is 5.64. The van der Waals surface area contributed by atoms with Gasteiger partial charge in [0.15, 0.2) is 0 Å². The van der Waals surface area contributed by atoms with Crippen molar-refractivity contribution < 1.29 is 0 Å². The van der Waals surface area contributed by atoms with Gasteiger partial charge in [0, 0.05) is 11.4 Å². The van der Waals surface area contributed by atoms with Crippen LogP contribution in [0, 0.1) is 6.92 Å². The van der Waals surface area contributed by atoms with Crippen molar-refractivity contribution >= 4 is 0 Å². The van der Waals surface area contributed by atoms with Crippen molar-refractivity contribution in [3.05, 3.63) is 108 Å². The largest absolute Gasteiger partial charge is 0.335 e. The number of aryl methyl sites for hydroxylation is 1. The number of benzene rings is 2. The topological polar surface area (TPSA) is 3.24 Å². The van der Waals surface area contributed by atoms with E-state index in [-0.39, 0.29) is 5.54 Å². The van der Waals surface area contributed by atoms with Crippen LogP contribution in [0.4, 0.5) is 0 Å². The summed E-state index contributed by atoms with van der Waals surface area (Å²) in [5, 5.41) is 0. The molecule has 1 nitrogen and oxygen atoms in total. The number of hydrogen-bond donors (Lipinski definition) is 0. The maximum Gasteiger partial charge on any atom is 0.0668 e. The van der Waals surface area contributed by atoms with E-state index in [2.05, 4.69) is 111 Å². The molecule has 0 bridgehead atoms. The highest BCUT2D eigenvalue weighted by atomic mass is 15.2. The summed E-state index contributed by atoms with van der Waals surface area (Å²) in [6.45, 7) is 6.85. The summed E-state index contributed by atoms with van der Waals surface area (Å²) in [6, 6.07) is 18.0. The van der Waals surface area contributed by atoms with Gasteiger partial charge in [0.2, 0.25) is 0 Å². The van der Waals surface area contributed by atoms with Crippen LogP contribution >= 0.6 is 0 Å². The van der Waals surface area contributed by atoms with Gasteiger partial charge in [-0.25, -0.2) is 0 Å². The molecule has 1 heteroatoms. The van der Waals surface area contributed by atoms with E-state index in [4.69, 9.17) is 0 Å². The summed E-state index contributed by atoms with van der Waals surface area (Å²) in [4.78, 5) is 2.60. The van der Waals surface area contributed by atoms with Crippen LogP contribution in [-0.4, -0.2) is 4.90 Å². The van der Waals surface area contributed by atoms with Gasteiger partial charge in [0.25, 0.3) is 0 Å². The zero-order valence-corrected chi connectivity index (χ0v) is 18.6. The van der Waals surface area contributed by atoms with Gasteiger partial charge in [-0.2, -0.15) is 0 Å². The molecule has 2 aromatic rings. The third kappa shape index (κ3) is 4.07. The Labute approximate surface area is 182 Å². The van der Waals surface area contributed by atoms with Crippen molar-refractivity contribution in [2.24, 2.45) is 0 Å². The van der Waals surface area contributed by atoms with E-state index in [1.165, 1.54) is 33.6 Å². The van der Waals surface area contributed by atoms with Crippen molar-refractivity contribution in [1.82, 2.24) is 4.90 Å². The van der Waals surface area contributed by atoms with E-state index in [9.17, 15) is 0 Å². The van der Waals surface area contributed by atoms with Gasteiger partial charge in [-0.3, -0.25) is 0 Å². The molecule has 0 saturated heterocycles. The molecule has 0 amide bonds. The second-order valence-electron chi connectivity index (χ2n) is 8.64.